The van der Waals surface area contributed by atoms with Gasteiger partial charge in [0.05, 0.1) is 5.56 Å². The van der Waals surface area contributed by atoms with E-state index >= 15 is 0 Å². The fourth-order valence-electron chi connectivity index (χ4n) is 3.42. The largest absolute Gasteiger partial charge is 0.456 e. The first-order chi connectivity index (χ1) is 14.1. The van der Waals surface area contributed by atoms with Crippen LogP contribution in [0.2, 0.25) is 0 Å². The van der Waals surface area contributed by atoms with Gasteiger partial charge in [-0.15, -0.1) is 11.3 Å². The van der Waals surface area contributed by atoms with Crippen LogP contribution in [-0.4, -0.2) is 23.4 Å². The van der Waals surface area contributed by atoms with Crippen molar-refractivity contribution >= 4 is 22.9 Å². The zero-order valence-corrected chi connectivity index (χ0v) is 16.9. The van der Waals surface area contributed by atoms with Crippen LogP contribution in [0.25, 0.3) is 0 Å². The molecule has 0 saturated carbocycles. The van der Waals surface area contributed by atoms with Crippen LogP contribution in [0.1, 0.15) is 22.9 Å². The van der Waals surface area contributed by atoms with Crippen molar-refractivity contribution in [2.24, 2.45) is 0 Å². The number of nitrogens with zero attached hydrogens (tertiary/aromatic N) is 2. The third-order valence-corrected chi connectivity index (χ3v) is 5.99. The highest BCUT2D eigenvalue weighted by molar-refractivity contribution is 7.10. The highest BCUT2D eigenvalue weighted by atomic mass is 32.1. The van der Waals surface area contributed by atoms with Crippen molar-refractivity contribution < 1.29 is 9.53 Å². The van der Waals surface area contributed by atoms with Crippen molar-refractivity contribution in [3.8, 4) is 17.6 Å². The number of nitrogens with one attached hydrogen (secondary N) is 1. The Balaban J connectivity index is 1.37. The van der Waals surface area contributed by atoms with E-state index in [0.29, 0.717) is 23.6 Å². The van der Waals surface area contributed by atoms with Crippen molar-refractivity contribution in [3.63, 3.8) is 0 Å². The van der Waals surface area contributed by atoms with E-state index in [9.17, 15) is 4.79 Å². The molecular weight excluding hydrogens is 382 g/mol. The number of carbonyl (C=O) groups excluding carboxylic acids is 1. The zero-order valence-electron chi connectivity index (χ0n) is 16.1. The molecule has 6 heteroatoms. The van der Waals surface area contributed by atoms with Crippen molar-refractivity contribution in [2.45, 2.75) is 25.9 Å². The number of rotatable bonds is 5. The normalized spacial score (nSPS) is 13.9. The van der Waals surface area contributed by atoms with Gasteiger partial charge in [-0.2, -0.15) is 5.26 Å². The molecule has 0 bridgehead atoms. The summed E-state index contributed by atoms with van der Waals surface area (Å²) in [5, 5.41) is 14.5. The Kier molecular flexibility index (Phi) is 5.50. The number of anilines is 1. The van der Waals surface area contributed by atoms with Gasteiger partial charge in [0.2, 0.25) is 5.91 Å². The van der Waals surface area contributed by atoms with Gasteiger partial charge in [-0.1, -0.05) is 12.1 Å². The molecule has 146 valence electrons. The monoisotopic (exact) mass is 403 g/mol. The number of fused-ring (bicyclic) bond motifs is 1. The molecule has 1 unspecified atom stereocenters. The highest BCUT2D eigenvalue weighted by Gasteiger charge is 2.25. The smallest absolute Gasteiger partial charge is 0.245 e. The van der Waals surface area contributed by atoms with E-state index in [0.717, 1.165) is 18.7 Å². The molecule has 2 aromatic carbocycles. The summed E-state index contributed by atoms with van der Waals surface area (Å²) in [6.45, 7) is 3.34. The predicted octanol–water partition coefficient (Wildman–Crippen LogP) is 4.80. The molecule has 4 rings (SSSR count). The molecule has 2 heterocycles. The number of carbonyl (C=O) groups is 1. The summed E-state index contributed by atoms with van der Waals surface area (Å²) in [5.41, 5.74) is 2.60. The molecule has 3 aromatic rings. The minimum Gasteiger partial charge on any atom is -0.456 e. The molecule has 0 spiro atoms. The first kappa shape index (κ1) is 19.0. The molecule has 1 aliphatic heterocycles. The Morgan fingerprint density at radius 2 is 2.00 bits per heavy atom. The van der Waals surface area contributed by atoms with Crippen LogP contribution < -0.4 is 10.1 Å². The summed E-state index contributed by atoms with van der Waals surface area (Å²) in [6.07, 6.45) is 0.932. The van der Waals surface area contributed by atoms with Gasteiger partial charge in [0.25, 0.3) is 0 Å². The van der Waals surface area contributed by atoms with E-state index in [1.807, 2.05) is 42.2 Å². The number of thiophene rings is 1. The Bertz CT molecular complexity index is 1050. The van der Waals surface area contributed by atoms with Crippen molar-refractivity contribution in [1.82, 2.24) is 4.90 Å². The summed E-state index contributed by atoms with van der Waals surface area (Å²) in [5.74, 6) is 1.26. The SMILES string of the molecule is CC(Nc1ccc(Oc2ccccc2C#N)cc1)C(=O)N1CCc2sccc2C1. The quantitative estimate of drug-likeness (QED) is 0.665. The molecule has 1 N–H and O–H groups in total. The minimum atomic E-state index is -0.318. The van der Waals surface area contributed by atoms with Crippen molar-refractivity contribution in [3.05, 3.63) is 76.0 Å². The van der Waals surface area contributed by atoms with E-state index in [1.165, 1.54) is 10.4 Å². The van der Waals surface area contributed by atoms with Crippen LogP contribution >= 0.6 is 11.3 Å². The summed E-state index contributed by atoms with van der Waals surface area (Å²) < 4.78 is 5.80. The van der Waals surface area contributed by atoms with Gasteiger partial charge in [-0.3, -0.25) is 4.79 Å². The van der Waals surface area contributed by atoms with Gasteiger partial charge in [-0.25, -0.2) is 0 Å². The summed E-state index contributed by atoms with van der Waals surface area (Å²) in [7, 11) is 0. The molecule has 5 nitrogen and oxygen atoms in total. The molecule has 1 aromatic heterocycles. The van der Waals surface area contributed by atoms with E-state index in [-0.39, 0.29) is 11.9 Å². The van der Waals surface area contributed by atoms with Crippen LogP contribution in [-0.2, 0) is 17.8 Å². The van der Waals surface area contributed by atoms with E-state index in [4.69, 9.17) is 10.00 Å². The Labute approximate surface area is 174 Å². The lowest BCUT2D eigenvalue weighted by molar-refractivity contribution is -0.132. The fraction of sp³-hybridized carbons (Fsp3) is 0.217. The van der Waals surface area contributed by atoms with Crippen LogP contribution in [0.4, 0.5) is 5.69 Å². The van der Waals surface area contributed by atoms with Gasteiger partial charge >= 0.3 is 0 Å². The van der Waals surface area contributed by atoms with E-state index in [2.05, 4.69) is 22.8 Å². The average Bonchev–Trinajstić information content (AvgIpc) is 3.23. The number of ether oxygens (including phenoxy) is 1. The number of nitriles is 1. The molecule has 1 amide bonds. The molecule has 0 saturated heterocycles. The zero-order chi connectivity index (χ0) is 20.2. The molecule has 29 heavy (non-hydrogen) atoms. The Morgan fingerprint density at radius 1 is 1.21 bits per heavy atom. The third kappa shape index (κ3) is 4.25. The number of benzene rings is 2. The number of hydrogen-bond acceptors (Lipinski definition) is 5. The molecule has 0 aliphatic carbocycles. The first-order valence-corrected chi connectivity index (χ1v) is 10.4. The number of amides is 1. The lowest BCUT2D eigenvalue weighted by atomic mass is 10.1. The van der Waals surface area contributed by atoms with Crippen LogP contribution in [0.5, 0.6) is 11.5 Å². The topological polar surface area (TPSA) is 65.4 Å². The Morgan fingerprint density at radius 3 is 2.79 bits per heavy atom. The maximum atomic E-state index is 12.8. The van der Waals surface area contributed by atoms with Gasteiger partial charge in [0.15, 0.2) is 0 Å². The Hall–Kier alpha value is -3.30. The van der Waals surface area contributed by atoms with E-state index < -0.39 is 0 Å². The summed E-state index contributed by atoms with van der Waals surface area (Å²) in [6, 6.07) is 18.4. The molecular formula is C23H21N3O2S. The third-order valence-electron chi connectivity index (χ3n) is 4.96. The van der Waals surface area contributed by atoms with Gasteiger partial charge in [0.1, 0.15) is 23.6 Å². The van der Waals surface area contributed by atoms with E-state index in [1.54, 1.807) is 29.5 Å². The number of para-hydroxylation sites is 1. The molecule has 1 aliphatic rings. The summed E-state index contributed by atoms with van der Waals surface area (Å²) >= 11 is 1.77. The highest BCUT2D eigenvalue weighted by Crippen LogP contribution is 2.27. The average molecular weight is 404 g/mol. The standard InChI is InChI=1S/C23H21N3O2S/c1-16(23(27)26-12-10-22-18(15-26)11-13-29-22)25-19-6-8-20(9-7-19)28-21-5-3-2-4-17(21)14-24/h2-9,11,13,16,25H,10,12,15H2,1H3. The van der Waals surface area contributed by atoms with Gasteiger partial charge < -0.3 is 15.0 Å². The fourth-order valence-corrected chi connectivity index (χ4v) is 4.31. The molecule has 0 fully saturated rings. The minimum absolute atomic E-state index is 0.102. The van der Waals surface area contributed by atoms with Crippen LogP contribution in [0.15, 0.2) is 60.0 Å². The molecule has 0 radical (unpaired) electrons. The summed E-state index contributed by atoms with van der Waals surface area (Å²) in [4.78, 5) is 16.1. The second-order valence-electron chi connectivity index (χ2n) is 6.98. The lowest BCUT2D eigenvalue weighted by Gasteiger charge is -2.30. The second kappa shape index (κ2) is 8.38. The predicted molar refractivity (Wildman–Crippen MR) is 114 cm³/mol. The lowest BCUT2D eigenvalue weighted by Crippen LogP contribution is -2.43. The molecule has 1 atom stereocenters. The van der Waals surface area contributed by atoms with Gasteiger partial charge in [0, 0.05) is 23.7 Å². The van der Waals surface area contributed by atoms with Gasteiger partial charge in [-0.05, 0) is 66.8 Å². The second-order valence-corrected chi connectivity index (χ2v) is 7.98. The van der Waals surface area contributed by atoms with Crippen LogP contribution in [0, 0.1) is 11.3 Å². The maximum Gasteiger partial charge on any atom is 0.245 e. The van der Waals surface area contributed by atoms with Crippen molar-refractivity contribution in [1.29, 1.82) is 5.26 Å². The maximum absolute atomic E-state index is 12.8. The first-order valence-electron chi connectivity index (χ1n) is 9.51. The van der Waals surface area contributed by atoms with Crippen molar-refractivity contribution in [2.75, 3.05) is 11.9 Å². The van der Waals surface area contributed by atoms with Crippen LogP contribution in [0.3, 0.4) is 0 Å². The number of hydrogen-bond donors (Lipinski definition) is 1.